The first kappa shape index (κ1) is 14.9. The zero-order valence-electron chi connectivity index (χ0n) is 11.9. The van der Waals surface area contributed by atoms with Crippen LogP contribution in [0.3, 0.4) is 0 Å². The Morgan fingerprint density at radius 3 is 2.35 bits per heavy atom. The van der Waals surface area contributed by atoms with Crippen LogP contribution in [0, 0.1) is 13.8 Å². The minimum absolute atomic E-state index is 0.649. The average molecular weight is 290 g/mol. The van der Waals surface area contributed by atoms with Gasteiger partial charge in [-0.05, 0) is 42.7 Å². The molecule has 0 aliphatic carbocycles. The van der Waals surface area contributed by atoms with E-state index in [4.69, 9.17) is 16.3 Å². The van der Waals surface area contributed by atoms with Gasteiger partial charge < -0.3 is 10.1 Å². The molecule has 20 heavy (non-hydrogen) atoms. The van der Waals surface area contributed by atoms with Crippen molar-refractivity contribution < 1.29 is 4.74 Å². The van der Waals surface area contributed by atoms with Crippen molar-refractivity contribution in [1.82, 2.24) is 5.32 Å². The van der Waals surface area contributed by atoms with Crippen LogP contribution in [0.4, 0.5) is 0 Å². The molecule has 2 rings (SSSR count). The lowest BCUT2D eigenvalue weighted by Crippen LogP contribution is -2.20. The predicted molar refractivity (Wildman–Crippen MR) is 84.6 cm³/mol. The van der Waals surface area contributed by atoms with E-state index in [-0.39, 0.29) is 0 Å². The molecule has 0 saturated heterocycles. The third-order valence-electron chi connectivity index (χ3n) is 3.12. The van der Waals surface area contributed by atoms with Crippen molar-refractivity contribution >= 4 is 11.6 Å². The monoisotopic (exact) mass is 289 g/mol. The first-order valence-electron chi connectivity index (χ1n) is 6.81. The van der Waals surface area contributed by atoms with Crippen molar-refractivity contribution in [2.45, 2.75) is 20.4 Å². The number of halogens is 1. The van der Waals surface area contributed by atoms with Gasteiger partial charge in [0.15, 0.2) is 0 Å². The van der Waals surface area contributed by atoms with E-state index in [0.717, 1.165) is 35.0 Å². The molecule has 0 aromatic heterocycles. The van der Waals surface area contributed by atoms with Crippen LogP contribution >= 0.6 is 11.6 Å². The molecular weight excluding hydrogens is 270 g/mol. The second-order valence-electron chi connectivity index (χ2n) is 4.88. The van der Waals surface area contributed by atoms with E-state index in [9.17, 15) is 0 Å². The fraction of sp³-hybridized carbons (Fsp3) is 0.294. The molecule has 0 amide bonds. The van der Waals surface area contributed by atoms with Gasteiger partial charge >= 0.3 is 0 Å². The van der Waals surface area contributed by atoms with Gasteiger partial charge in [0, 0.05) is 18.1 Å². The molecule has 0 heterocycles. The molecule has 106 valence electrons. The second-order valence-corrected chi connectivity index (χ2v) is 5.32. The van der Waals surface area contributed by atoms with Gasteiger partial charge in [0.1, 0.15) is 12.4 Å². The van der Waals surface area contributed by atoms with E-state index < -0.39 is 0 Å². The quantitative estimate of drug-likeness (QED) is 0.808. The number of hydrogen-bond acceptors (Lipinski definition) is 2. The minimum Gasteiger partial charge on any atom is -0.492 e. The smallest absolute Gasteiger partial charge is 0.125 e. The molecule has 0 unspecified atom stereocenters. The standard InChI is InChI=1S/C17H20ClNO/c1-13-10-16(18)11-14(2)17(13)20-9-8-19-12-15-6-4-3-5-7-15/h3-7,10-11,19H,8-9,12H2,1-2H3. The molecular formula is C17H20ClNO. The average Bonchev–Trinajstić information content (AvgIpc) is 2.42. The summed E-state index contributed by atoms with van der Waals surface area (Å²) < 4.78 is 5.84. The van der Waals surface area contributed by atoms with E-state index in [0.29, 0.717) is 6.61 Å². The molecule has 1 N–H and O–H groups in total. The second kappa shape index (κ2) is 7.32. The maximum absolute atomic E-state index is 6.01. The number of nitrogens with one attached hydrogen (secondary N) is 1. The fourth-order valence-corrected chi connectivity index (χ4v) is 2.51. The molecule has 0 fully saturated rings. The molecule has 2 aromatic rings. The van der Waals surface area contributed by atoms with Crippen molar-refractivity contribution in [3.05, 3.63) is 64.2 Å². The highest BCUT2D eigenvalue weighted by Gasteiger charge is 2.05. The maximum atomic E-state index is 6.01. The summed E-state index contributed by atoms with van der Waals surface area (Å²) in [6.45, 7) is 6.37. The van der Waals surface area contributed by atoms with Crippen LogP contribution in [0.5, 0.6) is 5.75 Å². The van der Waals surface area contributed by atoms with Crippen LogP contribution in [-0.4, -0.2) is 13.2 Å². The molecule has 0 aliphatic rings. The van der Waals surface area contributed by atoms with Crippen LogP contribution in [0.2, 0.25) is 5.02 Å². The van der Waals surface area contributed by atoms with Gasteiger partial charge in [-0.25, -0.2) is 0 Å². The SMILES string of the molecule is Cc1cc(Cl)cc(C)c1OCCNCc1ccccc1. The Bertz CT molecular complexity index is 531. The molecule has 2 aromatic carbocycles. The molecule has 0 atom stereocenters. The van der Waals surface area contributed by atoms with Crippen LogP contribution in [-0.2, 0) is 6.54 Å². The number of ether oxygens (including phenoxy) is 1. The third kappa shape index (κ3) is 4.26. The van der Waals surface area contributed by atoms with Gasteiger partial charge in [-0.1, -0.05) is 41.9 Å². The van der Waals surface area contributed by atoms with Crippen molar-refractivity contribution in [2.75, 3.05) is 13.2 Å². The molecule has 3 heteroatoms. The van der Waals surface area contributed by atoms with Gasteiger partial charge in [-0.2, -0.15) is 0 Å². The molecule has 0 bridgehead atoms. The Labute approximate surface area is 125 Å². The van der Waals surface area contributed by atoms with Crippen molar-refractivity contribution in [1.29, 1.82) is 0 Å². The predicted octanol–water partition coefficient (Wildman–Crippen LogP) is 4.13. The molecule has 0 spiro atoms. The van der Waals surface area contributed by atoms with Gasteiger partial charge in [-0.15, -0.1) is 0 Å². The third-order valence-corrected chi connectivity index (χ3v) is 3.34. The normalized spacial score (nSPS) is 10.6. The van der Waals surface area contributed by atoms with E-state index >= 15 is 0 Å². The van der Waals surface area contributed by atoms with Crippen LogP contribution in [0.15, 0.2) is 42.5 Å². The Morgan fingerprint density at radius 1 is 1.05 bits per heavy atom. The summed E-state index contributed by atoms with van der Waals surface area (Å²) in [6.07, 6.45) is 0. The lowest BCUT2D eigenvalue weighted by atomic mass is 10.1. The minimum atomic E-state index is 0.649. The zero-order valence-corrected chi connectivity index (χ0v) is 12.7. The van der Waals surface area contributed by atoms with Gasteiger partial charge in [0.25, 0.3) is 0 Å². The summed E-state index contributed by atoms with van der Waals surface area (Å²) in [5.41, 5.74) is 3.45. The van der Waals surface area contributed by atoms with Crippen LogP contribution < -0.4 is 10.1 Å². The first-order valence-corrected chi connectivity index (χ1v) is 7.19. The summed E-state index contributed by atoms with van der Waals surface area (Å²) in [4.78, 5) is 0. The van der Waals surface area contributed by atoms with E-state index in [1.165, 1.54) is 5.56 Å². The highest BCUT2D eigenvalue weighted by Crippen LogP contribution is 2.26. The lowest BCUT2D eigenvalue weighted by Gasteiger charge is -2.13. The largest absolute Gasteiger partial charge is 0.492 e. The van der Waals surface area contributed by atoms with Crippen molar-refractivity contribution in [2.24, 2.45) is 0 Å². The van der Waals surface area contributed by atoms with Gasteiger partial charge in [0.05, 0.1) is 0 Å². The Hall–Kier alpha value is -1.51. The van der Waals surface area contributed by atoms with E-state index in [1.54, 1.807) is 0 Å². The van der Waals surface area contributed by atoms with Gasteiger partial charge in [0.2, 0.25) is 0 Å². The van der Waals surface area contributed by atoms with Crippen LogP contribution in [0.1, 0.15) is 16.7 Å². The maximum Gasteiger partial charge on any atom is 0.125 e. The van der Waals surface area contributed by atoms with E-state index in [1.807, 2.05) is 44.2 Å². The van der Waals surface area contributed by atoms with Gasteiger partial charge in [-0.3, -0.25) is 0 Å². The Kier molecular flexibility index (Phi) is 5.45. The topological polar surface area (TPSA) is 21.3 Å². The summed E-state index contributed by atoms with van der Waals surface area (Å²) in [6, 6.07) is 14.2. The number of hydrogen-bond donors (Lipinski definition) is 1. The zero-order chi connectivity index (χ0) is 14.4. The summed E-state index contributed by atoms with van der Waals surface area (Å²) in [5.74, 6) is 0.941. The molecule has 0 radical (unpaired) electrons. The molecule has 0 saturated carbocycles. The summed E-state index contributed by atoms with van der Waals surface area (Å²) in [7, 11) is 0. The highest BCUT2D eigenvalue weighted by atomic mass is 35.5. The summed E-state index contributed by atoms with van der Waals surface area (Å²) in [5, 5.41) is 4.13. The number of aryl methyl sites for hydroxylation is 2. The lowest BCUT2D eigenvalue weighted by molar-refractivity contribution is 0.309. The van der Waals surface area contributed by atoms with Crippen molar-refractivity contribution in [3.8, 4) is 5.75 Å². The Balaban J connectivity index is 1.76. The molecule has 0 aliphatic heterocycles. The highest BCUT2D eigenvalue weighted by molar-refractivity contribution is 6.30. The van der Waals surface area contributed by atoms with Crippen molar-refractivity contribution in [3.63, 3.8) is 0 Å². The Morgan fingerprint density at radius 2 is 1.70 bits per heavy atom. The number of rotatable bonds is 6. The summed E-state index contributed by atoms with van der Waals surface area (Å²) >= 11 is 6.01. The van der Waals surface area contributed by atoms with E-state index in [2.05, 4.69) is 17.4 Å². The van der Waals surface area contributed by atoms with Crippen LogP contribution in [0.25, 0.3) is 0 Å². The molecule has 2 nitrogen and oxygen atoms in total. The number of benzene rings is 2. The first-order chi connectivity index (χ1) is 9.66. The fourth-order valence-electron chi connectivity index (χ4n) is 2.18.